The molecule has 20 heavy (non-hydrogen) atoms. The molecule has 0 bridgehead atoms. The van der Waals surface area contributed by atoms with Crippen molar-refractivity contribution < 1.29 is 9.47 Å². The number of benzene rings is 2. The number of rotatable bonds is 1. The van der Waals surface area contributed by atoms with E-state index >= 15 is 0 Å². The van der Waals surface area contributed by atoms with Gasteiger partial charge in [-0.3, -0.25) is 0 Å². The molecular weight excluding hydrogens is 248 g/mol. The van der Waals surface area contributed by atoms with Gasteiger partial charge in [0.05, 0.1) is 6.26 Å². The Morgan fingerprint density at radius 1 is 0.850 bits per heavy atom. The maximum atomic E-state index is 6.01. The lowest BCUT2D eigenvalue weighted by Gasteiger charge is -2.19. The van der Waals surface area contributed by atoms with Gasteiger partial charge in [-0.2, -0.15) is 0 Å². The van der Waals surface area contributed by atoms with Crippen molar-refractivity contribution in [3.05, 3.63) is 77.6 Å². The molecule has 0 fully saturated rings. The molecule has 2 aromatic carbocycles. The Morgan fingerprint density at radius 2 is 1.80 bits per heavy atom. The molecule has 2 heteroatoms. The van der Waals surface area contributed by atoms with E-state index in [-0.39, 0.29) is 0 Å². The molecule has 2 aromatic rings. The molecule has 2 nitrogen and oxygen atoms in total. The summed E-state index contributed by atoms with van der Waals surface area (Å²) in [5, 5.41) is 0. The smallest absolute Gasteiger partial charge is 0.131 e. The number of ether oxygens (including phenoxy) is 2. The summed E-state index contributed by atoms with van der Waals surface area (Å²) in [6.45, 7) is 0. The molecule has 0 saturated carbocycles. The average Bonchev–Trinajstić information content (AvgIpc) is 2.54. The SMILES string of the molecule is C1=COc2ccc(C3=CCc4ccccc4O3)cc2C1. The van der Waals surface area contributed by atoms with Gasteiger partial charge < -0.3 is 9.47 Å². The highest BCUT2D eigenvalue weighted by molar-refractivity contribution is 5.67. The molecule has 2 aliphatic heterocycles. The molecular formula is C18H14O2. The molecule has 4 rings (SSSR count). The van der Waals surface area contributed by atoms with Crippen LogP contribution >= 0.6 is 0 Å². The first kappa shape index (κ1) is 11.4. The molecule has 0 radical (unpaired) electrons. The molecule has 0 aromatic heterocycles. The maximum absolute atomic E-state index is 6.01. The van der Waals surface area contributed by atoms with Gasteiger partial charge in [-0.15, -0.1) is 0 Å². The van der Waals surface area contributed by atoms with Crippen molar-refractivity contribution in [3.63, 3.8) is 0 Å². The summed E-state index contributed by atoms with van der Waals surface area (Å²) in [6, 6.07) is 14.4. The largest absolute Gasteiger partial charge is 0.465 e. The van der Waals surface area contributed by atoms with Crippen LogP contribution in [0.4, 0.5) is 0 Å². The van der Waals surface area contributed by atoms with E-state index < -0.39 is 0 Å². The van der Waals surface area contributed by atoms with Crippen LogP contribution in [0, 0.1) is 0 Å². The number of hydrogen-bond acceptors (Lipinski definition) is 2. The third-order valence-electron chi connectivity index (χ3n) is 3.67. The van der Waals surface area contributed by atoms with Gasteiger partial charge in [0, 0.05) is 5.56 Å². The summed E-state index contributed by atoms with van der Waals surface area (Å²) in [4.78, 5) is 0. The lowest BCUT2D eigenvalue weighted by molar-refractivity contribution is 0.464. The fourth-order valence-electron chi connectivity index (χ4n) is 2.62. The second kappa shape index (κ2) is 4.57. The van der Waals surface area contributed by atoms with Gasteiger partial charge in [0.25, 0.3) is 0 Å². The quantitative estimate of drug-likeness (QED) is 0.770. The van der Waals surface area contributed by atoms with Crippen molar-refractivity contribution >= 4 is 5.76 Å². The molecule has 0 unspecified atom stereocenters. The van der Waals surface area contributed by atoms with Gasteiger partial charge in [0.1, 0.15) is 17.3 Å². The van der Waals surface area contributed by atoms with E-state index in [0.29, 0.717) is 0 Å². The van der Waals surface area contributed by atoms with Crippen molar-refractivity contribution in [3.8, 4) is 11.5 Å². The maximum Gasteiger partial charge on any atom is 0.131 e. The van der Waals surface area contributed by atoms with Crippen molar-refractivity contribution in [2.45, 2.75) is 12.8 Å². The summed E-state index contributed by atoms with van der Waals surface area (Å²) in [5.74, 6) is 2.83. The van der Waals surface area contributed by atoms with Crippen molar-refractivity contribution in [1.29, 1.82) is 0 Å². The Balaban J connectivity index is 1.68. The highest BCUT2D eigenvalue weighted by Crippen LogP contribution is 2.33. The number of fused-ring (bicyclic) bond motifs is 2. The van der Waals surface area contributed by atoms with Crippen molar-refractivity contribution in [2.24, 2.45) is 0 Å². The number of hydrogen-bond donors (Lipinski definition) is 0. The van der Waals surface area contributed by atoms with Crippen LogP contribution < -0.4 is 9.47 Å². The Labute approximate surface area is 118 Å². The van der Waals surface area contributed by atoms with Crippen LogP contribution in [0.3, 0.4) is 0 Å². The Bertz CT molecular complexity index is 726. The number of allylic oxidation sites excluding steroid dienone is 2. The molecule has 2 heterocycles. The van der Waals surface area contributed by atoms with Gasteiger partial charge in [-0.05, 0) is 60.4 Å². The summed E-state index contributed by atoms with van der Waals surface area (Å²) in [5.41, 5.74) is 3.55. The monoisotopic (exact) mass is 262 g/mol. The van der Waals surface area contributed by atoms with Gasteiger partial charge in [0.2, 0.25) is 0 Å². The zero-order valence-corrected chi connectivity index (χ0v) is 11.0. The van der Waals surface area contributed by atoms with Crippen LogP contribution in [0.2, 0.25) is 0 Å². The minimum atomic E-state index is 0.910. The second-order valence-corrected chi connectivity index (χ2v) is 5.00. The topological polar surface area (TPSA) is 18.5 Å². The van der Waals surface area contributed by atoms with Gasteiger partial charge in [0.15, 0.2) is 0 Å². The van der Waals surface area contributed by atoms with E-state index in [2.05, 4.69) is 24.3 Å². The van der Waals surface area contributed by atoms with E-state index in [1.807, 2.05) is 30.3 Å². The summed E-state index contributed by atoms with van der Waals surface area (Å²) in [7, 11) is 0. The highest BCUT2D eigenvalue weighted by Gasteiger charge is 2.15. The summed E-state index contributed by atoms with van der Waals surface area (Å²) < 4.78 is 11.5. The van der Waals surface area contributed by atoms with Gasteiger partial charge in [-0.1, -0.05) is 18.2 Å². The van der Waals surface area contributed by atoms with E-state index in [0.717, 1.165) is 35.7 Å². The minimum absolute atomic E-state index is 0.910. The summed E-state index contributed by atoms with van der Waals surface area (Å²) in [6.07, 6.45) is 7.74. The van der Waals surface area contributed by atoms with E-state index in [9.17, 15) is 0 Å². The molecule has 0 atom stereocenters. The highest BCUT2D eigenvalue weighted by atomic mass is 16.5. The van der Waals surface area contributed by atoms with E-state index in [1.165, 1.54) is 11.1 Å². The average molecular weight is 262 g/mol. The van der Waals surface area contributed by atoms with Crippen molar-refractivity contribution in [2.75, 3.05) is 0 Å². The Kier molecular flexibility index (Phi) is 2.59. The standard InChI is InChI=1S/C18H14O2/c1-2-6-17-13(4-1)7-10-18(20-17)15-8-9-16-14(12-15)5-3-11-19-16/h1-4,6,8-12H,5,7H2. The van der Waals surface area contributed by atoms with Crippen LogP contribution in [-0.2, 0) is 12.8 Å². The molecule has 2 aliphatic rings. The molecule has 0 spiro atoms. The third kappa shape index (κ3) is 1.90. The first-order chi connectivity index (χ1) is 9.90. The van der Waals surface area contributed by atoms with Gasteiger partial charge in [-0.25, -0.2) is 0 Å². The van der Waals surface area contributed by atoms with Crippen LogP contribution in [-0.4, -0.2) is 0 Å². The molecule has 0 saturated heterocycles. The lowest BCUT2D eigenvalue weighted by Crippen LogP contribution is -2.05. The van der Waals surface area contributed by atoms with E-state index in [1.54, 1.807) is 6.26 Å². The zero-order valence-electron chi connectivity index (χ0n) is 11.0. The normalized spacial score (nSPS) is 15.5. The Morgan fingerprint density at radius 3 is 2.80 bits per heavy atom. The third-order valence-corrected chi connectivity index (χ3v) is 3.67. The zero-order chi connectivity index (χ0) is 13.4. The van der Waals surface area contributed by atoms with Crippen LogP contribution in [0.25, 0.3) is 5.76 Å². The number of para-hydroxylation sites is 1. The second-order valence-electron chi connectivity index (χ2n) is 5.00. The van der Waals surface area contributed by atoms with Crippen molar-refractivity contribution in [1.82, 2.24) is 0 Å². The first-order valence-electron chi connectivity index (χ1n) is 6.81. The molecule has 0 aliphatic carbocycles. The van der Waals surface area contributed by atoms with Crippen LogP contribution in [0.1, 0.15) is 16.7 Å². The Hall–Kier alpha value is -2.48. The fourth-order valence-corrected chi connectivity index (χ4v) is 2.62. The predicted octanol–water partition coefficient (Wildman–Crippen LogP) is 4.11. The minimum Gasteiger partial charge on any atom is -0.465 e. The molecule has 98 valence electrons. The van der Waals surface area contributed by atoms with E-state index in [4.69, 9.17) is 9.47 Å². The predicted molar refractivity (Wildman–Crippen MR) is 78.7 cm³/mol. The molecule has 0 N–H and O–H groups in total. The summed E-state index contributed by atoms with van der Waals surface area (Å²) >= 11 is 0. The lowest BCUT2D eigenvalue weighted by atomic mass is 10.0. The first-order valence-corrected chi connectivity index (χ1v) is 6.81. The molecule has 0 amide bonds. The van der Waals surface area contributed by atoms with Crippen LogP contribution in [0.15, 0.2) is 60.9 Å². The van der Waals surface area contributed by atoms with Gasteiger partial charge >= 0.3 is 0 Å². The fraction of sp³-hybridized carbons (Fsp3) is 0.111. The van der Waals surface area contributed by atoms with Crippen LogP contribution in [0.5, 0.6) is 11.5 Å².